The molecule has 3 unspecified atom stereocenters. The molecule has 4 aromatic carbocycles. The van der Waals surface area contributed by atoms with Crippen LogP contribution in [0.15, 0.2) is 121 Å². The van der Waals surface area contributed by atoms with E-state index in [2.05, 4.69) is 115 Å². The number of halogens is 1. The van der Waals surface area contributed by atoms with Crippen molar-refractivity contribution >= 4 is 28.1 Å². The summed E-state index contributed by atoms with van der Waals surface area (Å²) in [5.41, 5.74) is 11.9. The number of nitrogens with one attached hydrogen (secondary N) is 1. The van der Waals surface area contributed by atoms with Crippen molar-refractivity contribution in [2.45, 2.75) is 18.8 Å². The van der Waals surface area contributed by atoms with Crippen molar-refractivity contribution in [3.63, 3.8) is 0 Å². The lowest BCUT2D eigenvalue weighted by Gasteiger charge is -2.26. The summed E-state index contributed by atoms with van der Waals surface area (Å²) < 4.78 is 0. The topological polar surface area (TPSA) is 15.8 Å². The van der Waals surface area contributed by atoms with Crippen molar-refractivity contribution in [1.29, 1.82) is 0 Å². The molecular weight excluding hydrogens is 458 g/mol. The first-order valence-electron chi connectivity index (χ1n) is 12.6. The first-order chi connectivity index (χ1) is 17.7. The molecule has 5 aromatic rings. The van der Waals surface area contributed by atoms with Gasteiger partial charge in [-0.3, -0.25) is 0 Å². The van der Waals surface area contributed by atoms with E-state index in [9.17, 15) is 0 Å². The lowest BCUT2D eigenvalue weighted by Crippen LogP contribution is -2.13. The highest BCUT2D eigenvalue weighted by Crippen LogP contribution is 2.59. The van der Waals surface area contributed by atoms with Crippen LogP contribution in [0.3, 0.4) is 0 Å². The Morgan fingerprint density at radius 3 is 2.11 bits per heavy atom. The minimum absolute atomic E-state index is 0.242. The van der Waals surface area contributed by atoms with Crippen molar-refractivity contribution in [1.82, 2.24) is 4.98 Å². The number of rotatable bonds is 3. The largest absolute Gasteiger partial charge is 0.358 e. The van der Waals surface area contributed by atoms with Gasteiger partial charge in [0.05, 0.1) is 0 Å². The van der Waals surface area contributed by atoms with E-state index in [1.54, 1.807) is 0 Å². The Hall–Kier alpha value is -3.81. The Labute approximate surface area is 216 Å². The van der Waals surface area contributed by atoms with E-state index in [0.717, 1.165) is 5.02 Å². The molecule has 174 valence electrons. The molecule has 0 fully saturated rings. The van der Waals surface area contributed by atoms with Crippen LogP contribution >= 0.6 is 11.6 Å². The van der Waals surface area contributed by atoms with Gasteiger partial charge in [-0.25, -0.2) is 0 Å². The Bertz CT molecular complexity index is 1600. The number of allylic oxidation sites excluding steroid dienone is 3. The standard InChI is InChI=1S/C34H26ClN/c1-21-12-17-26-29(20-21)36-34-28-19-18-27(32(28)31(33(26)34)24-13-15-25(35)16-14-24)30(22-8-4-2-5-9-22)23-10-6-3-7-11-23/h2-20,28,31-32,36H,1H3. The molecule has 1 aromatic heterocycles. The number of hydrogen-bond donors (Lipinski definition) is 1. The molecule has 0 saturated carbocycles. The molecule has 0 radical (unpaired) electrons. The van der Waals surface area contributed by atoms with Gasteiger partial charge in [0, 0.05) is 39.4 Å². The minimum atomic E-state index is 0.242. The van der Waals surface area contributed by atoms with Crippen LogP contribution in [0, 0.1) is 12.8 Å². The van der Waals surface area contributed by atoms with Crippen molar-refractivity contribution in [2.75, 3.05) is 0 Å². The Morgan fingerprint density at radius 1 is 0.778 bits per heavy atom. The molecule has 1 N–H and O–H groups in total. The summed E-state index contributed by atoms with van der Waals surface area (Å²) in [5, 5.41) is 2.11. The first kappa shape index (κ1) is 21.5. The van der Waals surface area contributed by atoms with Crippen LogP contribution in [0.1, 0.15) is 45.3 Å². The predicted molar refractivity (Wildman–Crippen MR) is 151 cm³/mol. The van der Waals surface area contributed by atoms with E-state index in [0.29, 0.717) is 11.8 Å². The fourth-order valence-corrected chi connectivity index (χ4v) is 6.56. The number of H-pyrrole nitrogens is 1. The number of aromatic nitrogens is 1. The smallest absolute Gasteiger partial charge is 0.0462 e. The summed E-state index contributed by atoms with van der Waals surface area (Å²) in [7, 11) is 0. The van der Waals surface area contributed by atoms with E-state index >= 15 is 0 Å². The summed E-state index contributed by atoms with van der Waals surface area (Å²) >= 11 is 6.33. The lowest BCUT2D eigenvalue weighted by atomic mass is 9.77. The molecule has 2 heteroatoms. The van der Waals surface area contributed by atoms with Crippen LogP contribution in [0.2, 0.25) is 5.02 Å². The zero-order valence-corrected chi connectivity index (χ0v) is 20.8. The molecule has 1 heterocycles. The average molecular weight is 484 g/mol. The maximum atomic E-state index is 6.33. The molecule has 0 spiro atoms. The number of benzene rings is 4. The highest BCUT2D eigenvalue weighted by atomic mass is 35.5. The molecule has 0 aliphatic heterocycles. The van der Waals surface area contributed by atoms with E-state index in [-0.39, 0.29) is 5.92 Å². The van der Waals surface area contributed by atoms with Gasteiger partial charge < -0.3 is 4.98 Å². The van der Waals surface area contributed by atoms with Gasteiger partial charge >= 0.3 is 0 Å². The van der Waals surface area contributed by atoms with Gasteiger partial charge in [0.2, 0.25) is 0 Å². The van der Waals surface area contributed by atoms with Gasteiger partial charge in [-0.05, 0) is 64.1 Å². The molecule has 1 nitrogen and oxygen atoms in total. The summed E-state index contributed by atoms with van der Waals surface area (Å²) in [6.45, 7) is 2.16. The minimum Gasteiger partial charge on any atom is -0.358 e. The number of fused-ring (bicyclic) bond motifs is 5. The molecule has 0 amide bonds. The molecule has 0 saturated heterocycles. The van der Waals surface area contributed by atoms with E-state index in [4.69, 9.17) is 11.6 Å². The number of aryl methyl sites for hydroxylation is 1. The maximum Gasteiger partial charge on any atom is 0.0462 e. The molecule has 2 aliphatic rings. The van der Waals surface area contributed by atoms with Crippen LogP contribution in [0.25, 0.3) is 16.5 Å². The third-order valence-electron chi connectivity index (χ3n) is 7.90. The summed E-state index contributed by atoms with van der Waals surface area (Å²) in [6.07, 6.45) is 4.80. The molecule has 36 heavy (non-hydrogen) atoms. The second-order valence-corrected chi connectivity index (χ2v) is 10.4. The van der Waals surface area contributed by atoms with Crippen molar-refractivity contribution < 1.29 is 0 Å². The summed E-state index contributed by atoms with van der Waals surface area (Å²) in [5.74, 6) is 0.866. The SMILES string of the molecule is Cc1ccc2c3c([nH]c2c1)C1C=CC(=C(c2ccccc2)c2ccccc2)C1C3c1ccc(Cl)cc1. The zero-order valence-electron chi connectivity index (χ0n) is 20.1. The zero-order chi connectivity index (χ0) is 24.2. The van der Waals surface area contributed by atoms with Gasteiger partial charge in [0.1, 0.15) is 0 Å². The Balaban J connectivity index is 1.50. The monoisotopic (exact) mass is 483 g/mol. The van der Waals surface area contributed by atoms with Crippen molar-refractivity contribution in [2.24, 2.45) is 5.92 Å². The highest BCUT2D eigenvalue weighted by Gasteiger charge is 2.47. The van der Waals surface area contributed by atoms with Crippen LogP contribution in [-0.2, 0) is 0 Å². The third-order valence-corrected chi connectivity index (χ3v) is 8.15. The highest BCUT2D eigenvalue weighted by molar-refractivity contribution is 6.30. The van der Waals surface area contributed by atoms with E-state index < -0.39 is 0 Å². The number of aromatic amines is 1. The Morgan fingerprint density at radius 2 is 1.44 bits per heavy atom. The maximum absolute atomic E-state index is 6.33. The molecule has 2 aliphatic carbocycles. The second kappa shape index (κ2) is 8.40. The van der Waals surface area contributed by atoms with E-state index in [1.165, 1.54) is 55.6 Å². The molecule has 7 rings (SSSR count). The summed E-state index contributed by atoms with van der Waals surface area (Å²) in [6, 6.07) is 37.0. The normalized spacial score (nSPS) is 20.1. The van der Waals surface area contributed by atoms with Crippen LogP contribution in [0.5, 0.6) is 0 Å². The van der Waals surface area contributed by atoms with E-state index in [1.807, 2.05) is 12.1 Å². The van der Waals surface area contributed by atoms with Gasteiger partial charge in [-0.15, -0.1) is 0 Å². The fourth-order valence-electron chi connectivity index (χ4n) is 6.43. The molecular formula is C34H26ClN. The van der Waals surface area contributed by atoms with Crippen molar-refractivity contribution in [3.05, 3.63) is 159 Å². The van der Waals surface area contributed by atoms with Crippen molar-refractivity contribution in [3.8, 4) is 0 Å². The average Bonchev–Trinajstić information content (AvgIpc) is 3.57. The van der Waals surface area contributed by atoms with Crippen LogP contribution in [0.4, 0.5) is 0 Å². The first-order valence-corrected chi connectivity index (χ1v) is 13.0. The Kier molecular flexibility index (Phi) is 5.01. The fraction of sp³-hybridized carbons (Fsp3) is 0.118. The van der Waals surface area contributed by atoms with Gasteiger partial charge in [-0.1, -0.05) is 109 Å². The quantitative estimate of drug-likeness (QED) is 0.263. The molecule has 3 atom stereocenters. The van der Waals surface area contributed by atoms with Gasteiger partial charge in [-0.2, -0.15) is 0 Å². The van der Waals surface area contributed by atoms with Crippen LogP contribution < -0.4 is 0 Å². The van der Waals surface area contributed by atoms with Gasteiger partial charge in [0.15, 0.2) is 0 Å². The van der Waals surface area contributed by atoms with Gasteiger partial charge in [0.25, 0.3) is 0 Å². The lowest BCUT2D eigenvalue weighted by molar-refractivity contribution is 0.569. The molecule has 0 bridgehead atoms. The summed E-state index contributed by atoms with van der Waals surface area (Å²) in [4.78, 5) is 3.84. The predicted octanol–water partition coefficient (Wildman–Crippen LogP) is 9.05. The number of hydrogen-bond acceptors (Lipinski definition) is 0. The van der Waals surface area contributed by atoms with Crippen LogP contribution in [-0.4, -0.2) is 4.98 Å². The third kappa shape index (κ3) is 3.31. The second-order valence-electron chi connectivity index (χ2n) is 10.0.